The first kappa shape index (κ1) is 15.0. The molecule has 0 radical (unpaired) electrons. The molecule has 0 atom stereocenters. The lowest BCUT2D eigenvalue weighted by molar-refractivity contribution is 0.283. The number of rotatable bonds is 10. The summed E-state index contributed by atoms with van der Waals surface area (Å²) in [6, 6.07) is 8.39. The van der Waals surface area contributed by atoms with Crippen molar-refractivity contribution in [2.45, 2.75) is 38.5 Å². The minimum Gasteiger partial charge on any atom is -0.396 e. The van der Waals surface area contributed by atoms with Crippen LogP contribution in [0.25, 0.3) is 0 Å². The van der Waals surface area contributed by atoms with E-state index in [9.17, 15) is 0 Å². The molecule has 0 saturated carbocycles. The largest absolute Gasteiger partial charge is 0.396 e. The average molecular weight is 251 g/mol. The molecule has 0 saturated heterocycles. The predicted molar refractivity (Wildman–Crippen MR) is 75.9 cm³/mol. The smallest absolute Gasteiger partial charge is 0.0431 e. The molecule has 102 valence electrons. The van der Waals surface area contributed by atoms with E-state index in [2.05, 4.69) is 23.5 Å². The van der Waals surface area contributed by atoms with Crippen LogP contribution in [0, 0.1) is 0 Å². The molecule has 0 fully saturated rings. The van der Waals surface area contributed by atoms with Crippen LogP contribution in [0.3, 0.4) is 0 Å². The summed E-state index contributed by atoms with van der Waals surface area (Å²) >= 11 is 0. The standard InChI is InChI=1S/C15H25NO2/c17-12-6-1-2-8-14-9-3-4-10-15(14)16-11-5-7-13-18/h3-4,9-10,16-18H,1-2,5-8,11-13H2. The fourth-order valence-electron chi connectivity index (χ4n) is 1.97. The van der Waals surface area contributed by atoms with Crippen LogP contribution in [0.5, 0.6) is 0 Å². The number of anilines is 1. The molecule has 0 heterocycles. The number of benzene rings is 1. The van der Waals surface area contributed by atoms with Crippen molar-refractivity contribution in [2.24, 2.45) is 0 Å². The Morgan fingerprint density at radius 1 is 0.833 bits per heavy atom. The number of unbranched alkanes of at least 4 members (excludes halogenated alkanes) is 3. The molecule has 0 aliphatic carbocycles. The fraction of sp³-hybridized carbons (Fsp3) is 0.600. The third-order valence-corrected chi connectivity index (χ3v) is 3.02. The van der Waals surface area contributed by atoms with Crippen LogP contribution < -0.4 is 5.32 Å². The van der Waals surface area contributed by atoms with Crippen molar-refractivity contribution in [2.75, 3.05) is 25.1 Å². The highest BCUT2D eigenvalue weighted by molar-refractivity contribution is 5.51. The van der Waals surface area contributed by atoms with Gasteiger partial charge in [-0.25, -0.2) is 0 Å². The molecule has 0 aliphatic heterocycles. The molecule has 0 unspecified atom stereocenters. The normalized spacial score (nSPS) is 10.6. The molecule has 0 aliphatic rings. The topological polar surface area (TPSA) is 52.5 Å². The number of aliphatic hydroxyl groups is 2. The molecule has 1 aromatic rings. The molecular formula is C15H25NO2. The average Bonchev–Trinajstić information content (AvgIpc) is 2.41. The quantitative estimate of drug-likeness (QED) is 0.560. The SMILES string of the molecule is OCCCCCc1ccccc1NCCCCO. The Kier molecular flexibility index (Phi) is 8.26. The van der Waals surface area contributed by atoms with E-state index >= 15 is 0 Å². The van der Waals surface area contributed by atoms with Crippen LogP contribution in [-0.2, 0) is 6.42 Å². The Balaban J connectivity index is 2.36. The number of aliphatic hydroxyl groups excluding tert-OH is 2. The van der Waals surface area contributed by atoms with E-state index in [1.54, 1.807) is 0 Å². The zero-order valence-electron chi connectivity index (χ0n) is 11.1. The second-order valence-corrected chi connectivity index (χ2v) is 4.55. The van der Waals surface area contributed by atoms with Gasteiger partial charge in [-0.3, -0.25) is 0 Å². The molecule has 1 aromatic carbocycles. The highest BCUT2D eigenvalue weighted by atomic mass is 16.3. The first-order valence-corrected chi connectivity index (χ1v) is 6.92. The van der Waals surface area contributed by atoms with Crippen molar-refractivity contribution in [3.63, 3.8) is 0 Å². The van der Waals surface area contributed by atoms with E-state index < -0.39 is 0 Å². The Bertz CT molecular complexity index is 284. The van der Waals surface area contributed by atoms with Crippen LogP contribution in [0.2, 0.25) is 0 Å². The predicted octanol–water partition coefficient (Wildman–Crippen LogP) is 2.58. The Morgan fingerprint density at radius 2 is 1.56 bits per heavy atom. The first-order chi connectivity index (χ1) is 8.88. The van der Waals surface area contributed by atoms with Crippen LogP contribution in [0.15, 0.2) is 24.3 Å². The summed E-state index contributed by atoms with van der Waals surface area (Å²) in [4.78, 5) is 0. The van der Waals surface area contributed by atoms with E-state index in [1.165, 1.54) is 11.3 Å². The van der Waals surface area contributed by atoms with Crippen LogP contribution >= 0.6 is 0 Å². The first-order valence-electron chi connectivity index (χ1n) is 6.92. The zero-order valence-corrected chi connectivity index (χ0v) is 11.1. The van der Waals surface area contributed by atoms with Gasteiger partial charge in [0.1, 0.15) is 0 Å². The van der Waals surface area contributed by atoms with E-state index in [0.29, 0.717) is 6.61 Å². The maximum atomic E-state index is 8.75. The minimum absolute atomic E-state index is 0.268. The summed E-state index contributed by atoms with van der Waals surface area (Å²) in [6.07, 6.45) is 6.00. The molecule has 0 bridgehead atoms. The monoisotopic (exact) mass is 251 g/mol. The summed E-state index contributed by atoms with van der Waals surface area (Å²) in [6.45, 7) is 1.47. The van der Waals surface area contributed by atoms with E-state index in [1.807, 2.05) is 6.07 Å². The molecule has 1 rings (SSSR count). The van der Waals surface area contributed by atoms with Crippen molar-refractivity contribution in [3.05, 3.63) is 29.8 Å². The van der Waals surface area contributed by atoms with Gasteiger partial charge in [0.15, 0.2) is 0 Å². The summed E-state index contributed by atoms with van der Waals surface area (Å²) in [5.41, 5.74) is 2.55. The van der Waals surface area contributed by atoms with Gasteiger partial charge in [-0.2, -0.15) is 0 Å². The highest BCUT2D eigenvalue weighted by Crippen LogP contribution is 2.17. The maximum absolute atomic E-state index is 8.75. The lowest BCUT2D eigenvalue weighted by Crippen LogP contribution is -2.05. The van der Waals surface area contributed by atoms with Gasteiger partial charge in [0.05, 0.1) is 0 Å². The van der Waals surface area contributed by atoms with Gasteiger partial charge in [0, 0.05) is 25.4 Å². The van der Waals surface area contributed by atoms with Gasteiger partial charge in [-0.1, -0.05) is 24.6 Å². The molecule has 0 amide bonds. The molecule has 18 heavy (non-hydrogen) atoms. The van der Waals surface area contributed by atoms with Gasteiger partial charge >= 0.3 is 0 Å². The summed E-state index contributed by atoms with van der Waals surface area (Å²) in [5.74, 6) is 0. The van der Waals surface area contributed by atoms with Gasteiger partial charge in [0.25, 0.3) is 0 Å². The lowest BCUT2D eigenvalue weighted by Gasteiger charge is -2.11. The fourth-order valence-corrected chi connectivity index (χ4v) is 1.97. The minimum atomic E-state index is 0.268. The zero-order chi connectivity index (χ0) is 13.1. The van der Waals surface area contributed by atoms with Crippen molar-refractivity contribution in [3.8, 4) is 0 Å². The summed E-state index contributed by atoms with van der Waals surface area (Å²) in [7, 11) is 0. The van der Waals surface area contributed by atoms with Crippen LogP contribution in [-0.4, -0.2) is 30.0 Å². The lowest BCUT2D eigenvalue weighted by atomic mass is 10.0. The number of hydrogen-bond acceptors (Lipinski definition) is 3. The number of hydrogen-bond donors (Lipinski definition) is 3. The number of para-hydroxylation sites is 1. The van der Waals surface area contributed by atoms with Gasteiger partial charge < -0.3 is 15.5 Å². The van der Waals surface area contributed by atoms with Crippen molar-refractivity contribution < 1.29 is 10.2 Å². The molecule has 3 heteroatoms. The summed E-state index contributed by atoms with van der Waals surface area (Å²) < 4.78 is 0. The molecule has 0 aromatic heterocycles. The van der Waals surface area contributed by atoms with E-state index in [0.717, 1.165) is 45.1 Å². The molecular weight excluding hydrogens is 226 g/mol. The van der Waals surface area contributed by atoms with Gasteiger partial charge in [0.2, 0.25) is 0 Å². The third-order valence-electron chi connectivity index (χ3n) is 3.02. The van der Waals surface area contributed by atoms with Crippen molar-refractivity contribution in [1.29, 1.82) is 0 Å². The maximum Gasteiger partial charge on any atom is 0.0431 e. The van der Waals surface area contributed by atoms with E-state index in [-0.39, 0.29) is 6.61 Å². The second-order valence-electron chi connectivity index (χ2n) is 4.55. The van der Waals surface area contributed by atoms with Gasteiger partial charge in [-0.05, 0) is 43.7 Å². The molecule has 0 spiro atoms. The highest BCUT2D eigenvalue weighted by Gasteiger charge is 2.00. The second kappa shape index (κ2) is 9.92. The molecule has 3 N–H and O–H groups in total. The third kappa shape index (κ3) is 6.03. The summed E-state index contributed by atoms with van der Waals surface area (Å²) in [5, 5.41) is 20.9. The Morgan fingerprint density at radius 3 is 2.33 bits per heavy atom. The van der Waals surface area contributed by atoms with E-state index in [4.69, 9.17) is 10.2 Å². The van der Waals surface area contributed by atoms with Crippen molar-refractivity contribution >= 4 is 5.69 Å². The molecule has 3 nitrogen and oxygen atoms in total. The van der Waals surface area contributed by atoms with Crippen molar-refractivity contribution in [1.82, 2.24) is 0 Å². The number of nitrogens with one attached hydrogen (secondary N) is 1. The van der Waals surface area contributed by atoms with Crippen LogP contribution in [0.1, 0.15) is 37.7 Å². The van der Waals surface area contributed by atoms with Crippen LogP contribution in [0.4, 0.5) is 5.69 Å². The Hall–Kier alpha value is -1.06. The Labute approximate surface area is 110 Å². The number of aryl methyl sites for hydroxylation is 1. The van der Waals surface area contributed by atoms with Gasteiger partial charge in [-0.15, -0.1) is 0 Å².